The monoisotopic (exact) mass is 307 g/mol. The van der Waals surface area contributed by atoms with Crippen LogP contribution in [0.4, 0.5) is 0 Å². The summed E-state index contributed by atoms with van der Waals surface area (Å²) < 4.78 is 9.71. The first-order valence-electron chi connectivity index (χ1n) is 6.31. The molecule has 0 saturated heterocycles. The third-order valence-corrected chi connectivity index (χ3v) is 3.06. The van der Waals surface area contributed by atoms with Crippen molar-refractivity contribution < 1.29 is 18.7 Å². The lowest BCUT2D eigenvalue weighted by molar-refractivity contribution is -0.124. The minimum Gasteiger partial charge on any atom is -0.457 e. The molecule has 0 spiro atoms. The molecule has 1 N–H and O–H groups in total. The van der Waals surface area contributed by atoms with Gasteiger partial charge in [-0.3, -0.25) is 4.79 Å². The number of amides is 1. The number of esters is 1. The van der Waals surface area contributed by atoms with Gasteiger partial charge >= 0.3 is 5.97 Å². The van der Waals surface area contributed by atoms with Gasteiger partial charge in [-0.05, 0) is 36.8 Å². The van der Waals surface area contributed by atoms with Crippen molar-refractivity contribution in [3.8, 4) is 0 Å². The Kier molecular flexibility index (Phi) is 5.00. The molecule has 2 rings (SSSR count). The predicted octanol–water partition coefficient (Wildman–Crippen LogP) is 2.97. The van der Waals surface area contributed by atoms with Crippen LogP contribution in [-0.4, -0.2) is 18.5 Å². The van der Waals surface area contributed by atoms with E-state index >= 15 is 0 Å². The topological polar surface area (TPSA) is 68.5 Å². The predicted molar refractivity (Wildman–Crippen MR) is 77.0 cm³/mol. The third kappa shape index (κ3) is 4.36. The van der Waals surface area contributed by atoms with Crippen molar-refractivity contribution in [2.24, 2.45) is 0 Å². The maximum absolute atomic E-state index is 11.7. The Morgan fingerprint density at radius 2 is 2.00 bits per heavy atom. The first-order valence-corrected chi connectivity index (χ1v) is 6.69. The number of halogens is 1. The highest BCUT2D eigenvalue weighted by molar-refractivity contribution is 6.30. The molecule has 21 heavy (non-hydrogen) atoms. The van der Waals surface area contributed by atoms with Crippen molar-refractivity contribution in [2.75, 3.05) is 6.61 Å². The molecule has 1 aromatic heterocycles. The fourth-order valence-corrected chi connectivity index (χ4v) is 1.84. The van der Waals surface area contributed by atoms with Crippen molar-refractivity contribution >= 4 is 23.5 Å². The average Bonchev–Trinajstić information content (AvgIpc) is 2.99. The minimum atomic E-state index is -0.672. The summed E-state index contributed by atoms with van der Waals surface area (Å²) in [5.74, 6) is -1.000. The molecule has 110 valence electrons. The van der Waals surface area contributed by atoms with Gasteiger partial charge in [-0.2, -0.15) is 0 Å². The number of furan rings is 1. The second-order valence-corrected chi connectivity index (χ2v) is 4.83. The van der Waals surface area contributed by atoms with Gasteiger partial charge in [0.1, 0.15) is 0 Å². The Balaban J connectivity index is 1.81. The molecule has 1 aromatic carbocycles. The number of carbonyl (C=O) groups excluding carboxylic acids is 2. The van der Waals surface area contributed by atoms with Crippen LogP contribution in [0, 0.1) is 0 Å². The highest BCUT2D eigenvalue weighted by Gasteiger charge is 2.14. The molecule has 5 nitrogen and oxygen atoms in total. The summed E-state index contributed by atoms with van der Waals surface area (Å²) in [5.41, 5.74) is 0.908. The van der Waals surface area contributed by atoms with Crippen LogP contribution in [0.3, 0.4) is 0 Å². The Bertz CT molecular complexity index is 607. The number of ether oxygens (including phenoxy) is 1. The van der Waals surface area contributed by atoms with Gasteiger partial charge in [0.15, 0.2) is 6.61 Å². The van der Waals surface area contributed by atoms with E-state index in [4.69, 9.17) is 20.8 Å². The van der Waals surface area contributed by atoms with E-state index in [1.165, 1.54) is 12.3 Å². The van der Waals surface area contributed by atoms with Crippen LogP contribution in [0.5, 0.6) is 0 Å². The second-order valence-electron chi connectivity index (χ2n) is 4.39. The molecular weight excluding hydrogens is 294 g/mol. The summed E-state index contributed by atoms with van der Waals surface area (Å²) in [7, 11) is 0. The van der Waals surface area contributed by atoms with Crippen molar-refractivity contribution in [2.45, 2.75) is 13.0 Å². The molecule has 6 heteroatoms. The lowest BCUT2D eigenvalue weighted by atomic mass is 10.1. The number of nitrogens with one attached hydrogen (secondary N) is 1. The molecule has 0 fully saturated rings. The molecule has 1 amide bonds. The van der Waals surface area contributed by atoms with E-state index in [-0.39, 0.29) is 18.4 Å². The molecule has 0 aliphatic carbocycles. The quantitative estimate of drug-likeness (QED) is 0.862. The van der Waals surface area contributed by atoms with Gasteiger partial charge in [-0.1, -0.05) is 23.7 Å². The number of hydrogen-bond donors (Lipinski definition) is 1. The zero-order valence-electron chi connectivity index (χ0n) is 11.3. The lowest BCUT2D eigenvalue weighted by Gasteiger charge is -2.14. The van der Waals surface area contributed by atoms with Gasteiger partial charge in [-0.25, -0.2) is 4.79 Å². The summed E-state index contributed by atoms with van der Waals surface area (Å²) in [6.45, 7) is 1.47. The van der Waals surface area contributed by atoms with Gasteiger partial charge in [-0.15, -0.1) is 0 Å². The van der Waals surface area contributed by atoms with Gasteiger partial charge in [0, 0.05) is 5.02 Å². The van der Waals surface area contributed by atoms with Gasteiger partial charge in [0.25, 0.3) is 5.91 Å². The zero-order chi connectivity index (χ0) is 15.2. The van der Waals surface area contributed by atoms with Crippen LogP contribution in [0.15, 0.2) is 47.1 Å². The Hall–Kier alpha value is -2.27. The highest BCUT2D eigenvalue weighted by Crippen LogP contribution is 2.15. The Morgan fingerprint density at radius 1 is 1.29 bits per heavy atom. The normalized spacial score (nSPS) is 11.7. The Labute approximate surface area is 126 Å². The molecule has 0 saturated carbocycles. The van der Waals surface area contributed by atoms with E-state index in [2.05, 4.69) is 5.32 Å². The summed E-state index contributed by atoms with van der Waals surface area (Å²) in [5, 5.41) is 3.36. The zero-order valence-corrected chi connectivity index (χ0v) is 12.1. The van der Waals surface area contributed by atoms with E-state index < -0.39 is 11.9 Å². The van der Waals surface area contributed by atoms with Crippen LogP contribution in [0.1, 0.15) is 29.1 Å². The molecule has 0 aliphatic rings. The van der Waals surface area contributed by atoms with Crippen molar-refractivity contribution in [1.82, 2.24) is 5.32 Å². The number of carbonyl (C=O) groups is 2. The fraction of sp³-hybridized carbons (Fsp3) is 0.200. The summed E-state index contributed by atoms with van der Waals surface area (Å²) in [6, 6.07) is 9.96. The summed E-state index contributed by atoms with van der Waals surface area (Å²) in [6.07, 6.45) is 1.36. The van der Waals surface area contributed by atoms with Gasteiger partial charge in [0.2, 0.25) is 5.76 Å². The lowest BCUT2D eigenvalue weighted by Crippen LogP contribution is -2.31. The van der Waals surface area contributed by atoms with E-state index in [0.29, 0.717) is 5.02 Å². The SMILES string of the molecule is C[C@@H](NC(=O)COC(=O)c1ccco1)c1ccc(Cl)cc1. The summed E-state index contributed by atoms with van der Waals surface area (Å²) in [4.78, 5) is 23.2. The number of hydrogen-bond acceptors (Lipinski definition) is 4. The van der Waals surface area contributed by atoms with Crippen molar-refractivity contribution in [3.63, 3.8) is 0 Å². The maximum atomic E-state index is 11.7. The van der Waals surface area contributed by atoms with Gasteiger partial charge in [0.05, 0.1) is 12.3 Å². The van der Waals surface area contributed by atoms with E-state index in [1.807, 2.05) is 19.1 Å². The molecule has 0 unspecified atom stereocenters. The minimum absolute atomic E-state index is 0.0635. The smallest absolute Gasteiger partial charge is 0.374 e. The van der Waals surface area contributed by atoms with Crippen molar-refractivity contribution in [3.05, 3.63) is 59.0 Å². The van der Waals surface area contributed by atoms with E-state index in [1.54, 1.807) is 18.2 Å². The molecule has 0 aliphatic heterocycles. The van der Waals surface area contributed by atoms with E-state index in [9.17, 15) is 9.59 Å². The average molecular weight is 308 g/mol. The van der Waals surface area contributed by atoms with Crippen molar-refractivity contribution in [1.29, 1.82) is 0 Å². The summed E-state index contributed by atoms with van der Waals surface area (Å²) >= 11 is 5.80. The van der Waals surface area contributed by atoms with Crippen LogP contribution in [0.2, 0.25) is 5.02 Å². The number of rotatable bonds is 5. The van der Waals surface area contributed by atoms with E-state index in [0.717, 1.165) is 5.56 Å². The standard InChI is InChI=1S/C15H14ClNO4/c1-10(11-4-6-12(16)7-5-11)17-14(18)9-21-15(19)13-3-2-8-20-13/h2-8,10H,9H2,1H3,(H,17,18)/t10-/m1/s1. The third-order valence-electron chi connectivity index (χ3n) is 2.80. The second kappa shape index (κ2) is 6.95. The maximum Gasteiger partial charge on any atom is 0.374 e. The molecule has 1 heterocycles. The van der Waals surface area contributed by atoms with Crippen LogP contribution >= 0.6 is 11.6 Å². The molecule has 0 bridgehead atoms. The van der Waals surface area contributed by atoms with Crippen LogP contribution in [-0.2, 0) is 9.53 Å². The largest absolute Gasteiger partial charge is 0.457 e. The first-order chi connectivity index (χ1) is 10.1. The highest BCUT2D eigenvalue weighted by atomic mass is 35.5. The molecule has 0 radical (unpaired) electrons. The number of benzene rings is 1. The fourth-order valence-electron chi connectivity index (χ4n) is 1.71. The first kappa shape index (κ1) is 15.1. The van der Waals surface area contributed by atoms with Gasteiger partial charge < -0.3 is 14.5 Å². The Morgan fingerprint density at radius 3 is 2.62 bits per heavy atom. The molecule has 1 atom stereocenters. The molecule has 2 aromatic rings. The molecular formula is C15H14ClNO4. The van der Waals surface area contributed by atoms with Crippen LogP contribution in [0.25, 0.3) is 0 Å². The van der Waals surface area contributed by atoms with Crippen LogP contribution < -0.4 is 5.32 Å².